The molecule has 1 N–H and O–H groups in total. The number of fused-ring (bicyclic) bond motifs is 1. The van der Waals surface area contributed by atoms with Gasteiger partial charge in [-0.3, -0.25) is 4.98 Å². The van der Waals surface area contributed by atoms with Gasteiger partial charge in [-0.2, -0.15) is 0 Å². The number of aromatic nitrogens is 3. The number of thiazole rings is 1. The molecule has 0 amide bonds. The van der Waals surface area contributed by atoms with Crippen LogP contribution in [0.3, 0.4) is 0 Å². The maximum atomic E-state index is 4.78. The minimum Gasteiger partial charge on any atom is -0.357 e. The summed E-state index contributed by atoms with van der Waals surface area (Å²) in [5, 5.41) is 6.59. The Morgan fingerprint density at radius 1 is 0.962 bits per heavy atom. The summed E-state index contributed by atoms with van der Waals surface area (Å²) >= 11 is 3.31. The van der Waals surface area contributed by atoms with Gasteiger partial charge in [-0.25, -0.2) is 9.97 Å². The van der Waals surface area contributed by atoms with Crippen LogP contribution < -0.4 is 5.32 Å². The Morgan fingerprint density at radius 3 is 2.35 bits per heavy atom. The molecule has 1 aliphatic rings. The number of hydrogen-bond donors (Lipinski definition) is 1. The summed E-state index contributed by atoms with van der Waals surface area (Å²) in [6, 6.07) is 12.0. The van der Waals surface area contributed by atoms with Gasteiger partial charge in [-0.1, -0.05) is 48.4 Å². The van der Waals surface area contributed by atoms with Crippen molar-refractivity contribution in [1.29, 1.82) is 0 Å². The van der Waals surface area contributed by atoms with Crippen molar-refractivity contribution in [1.82, 2.24) is 15.0 Å². The molecule has 1 atom stereocenters. The molecular formula is C20H18N4S2. The maximum Gasteiger partial charge on any atom is 0.145 e. The first-order valence-electron chi connectivity index (χ1n) is 8.21. The van der Waals surface area contributed by atoms with Crippen LogP contribution in [0.25, 0.3) is 21.8 Å². The number of nitrogens with one attached hydrogen (secondary N) is 1. The van der Waals surface area contributed by atoms with E-state index in [1.807, 2.05) is 50.2 Å². The highest BCUT2D eigenvalue weighted by Crippen LogP contribution is 2.50. The lowest BCUT2D eigenvalue weighted by molar-refractivity contribution is 1.03. The number of nitrogens with zero attached hydrogens (tertiary/aromatic N) is 3. The number of pyridine rings is 2. The third kappa shape index (κ3) is 3.18. The van der Waals surface area contributed by atoms with E-state index in [9.17, 15) is 0 Å². The van der Waals surface area contributed by atoms with Crippen molar-refractivity contribution in [3.63, 3.8) is 0 Å². The Labute approximate surface area is 161 Å². The van der Waals surface area contributed by atoms with Gasteiger partial charge in [0.25, 0.3) is 0 Å². The van der Waals surface area contributed by atoms with Crippen LogP contribution in [0.1, 0.15) is 36.3 Å². The zero-order chi connectivity index (χ0) is 18.3. The summed E-state index contributed by atoms with van der Waals surface area (Å²) in [6.45, 7) is 11.9. The molecule has 1 unspecified atom stereocenters. The minimum absolute atomic E-state index is 0.0758. The summed E-state index contributed by atoms with van der Waals surface area (Å²) in [5.41, 5.74) is 5.61. The Kier molecular flexibility index (Phi) is 4.38. The summed E-state index contributed by atoms with van der Waals surface area (Å²) in [4.78, 5) is 14.1. The van der Waals surface area contributed by atoms with Gasteiger partial charge >= 0.3 is 0 Å². The lowest BCUT2D eigenvalue weighted by Gasteiger charge is -2.11. The van der Waals surface area contributed by atoms with Gasteiger partial charge in [0, 0.05) is 0 Å². The predicted octanol–water partition coefficient (Wildman–Crippen LogP) is 5.88. The van der Waals surface area contributed by atoms with Gasteiger partial charge in [-0.15, -0.1) is 0 Å². The van der Waals surface area contributed by atoms with Crippen LogP contribution in [0, 0.1) is 0 Å². The molecule has 0 saturated carbocycles. The number of hydrogen-bond acceptors (Lipinski definition) is 6. The molecule has 0 saturated heterocycles. The van der Waals surface area contributed by atoms with E-state index in [0.717, 1.165) is 49.0 Å². The van der Waals surface area contributed by atoms with Crippen LogP contribution in [0.2, 0.25) is 0 Å². The quantitative estimate of drug-likeness (QED) is 0.614. The Morgan fingerprint density at radius 2 is 1.65 bits per heavy atom. The molecular weight excluding hydrogens is 360 g/mol. The van der Waals surface area contributed by atoms with E-state index in [2.05, 4.69) is 23.5 Å². The van der Waals surface area contributed by atoms with Gasteiger partial charge < -0.3 is 5.32 Å². The van der Waals surface area contributed by atoms with Crippen LogP contribution in [0.4, 0.5) is 5.00 Å². The largest absolute Gasteiger partial charge is 0.357 e. The first-order chi connectivity index (χ1) is 12.5. The minimum atomic E-state index is 0.0758. The molecule has 4 nitrogen and oxygen atoms in total. The van der Waals surface area contributed by atoms with Crippen molar-refractivity contribution in [2.75, 3.05) is 5.32 Å². The van der Waals surface area contributed by atoms with Crippen molar-refractivity contribution >= 4 is 39.2 Å². The first-order valence-corrected chi connectivity index (χ1v) is 9.91. The summed E-state index contributed by atoms with van der Waals surface area (Å²) < 4.78 is 0. The average Bonchev–Trinajstić information content (AvgIpc) is 3.21. The van der Waals surface area contributed by atoms with E-state index in [4.69, 9.17) is 9.97 Å². The molecule has 0 aromatic carbocycles. The highest BCUT2D eigenvalue weighted by Gasteiger charge is 2.28. The molecule has 0 aliphatic carbocycles. The van der Waals surface area contributed by atoms with E-state index in [-0.39, 0.29) is 5.37 Å². The Hall–Kier alpha value is -2.44. The van der Waals surface area contributed by atoms with Crippen LogP contribution >= 0.6 is 23.1 Å². The SMILES string of the molecule is C=C(C)c1cccc(-c2nc3c(s2)NC(c2cccc(C(=C)C)n2)S3)n1. The second kappa shape index (κ2) is 6.70. The molecule has 26 heavy (non-hydrogen) atoms. The fourth-order valence-electron chi connectivity index (χ4n) is 2.61. The molecule has 130 valence electrons. The highest BCUT2D eigenvalue weighted by molar-refractivity contribution is 8.00. The summed E-state index contributed by atoms with van der Waals surface area (Å²) in [5.74, 6) is 0. The zero-order valence-electron chi connectivity index (χ0n) is 14.6. The monoisotopic (exact) mass is 378 g/mol. The smallest absolute Gasteiger partial charge is 0.145 e. The standard InChI is InChI=1S/C20H18N4S2/c1-11(2)13-7-5-9-15(21-13)17-23-19-20(25-17)24-18(26-19)16-10-6-8-14(22-16)12(3)4/h5-10,17,23H,1,3H2,2,4H3. The number of thioether (sulfide) groups is 1. The fraction of sp³-hybridized carbons (Fsp3) is 0.150. The molecule has 0 spiro atoms. The van der Waals surface area contributed by atoms with E-state index < -0.39 is 0 Å². The molecule has 0 bridgehead atoms. The molecule has 1 aliphatic heterocycles. The first kappa shape index (κ1) is 17.0. The van der Waals surface area contributed by atoms with E-state index in [0.29, 0.717) is 0 Å². The molecule has 0 radical (unpaired) electrons. The number of anilines is 1. The predicted molar refractivity (Wildman–Crippen MR) is 111 cm³/mol. The summed E-state index contributed by atoms with van der Waals surface area (Å²) in [6.07, 6.45) is 0. The van der Waals surface area contributed by atoms with Gasteiger partial charge in [0.2, 0.25) is 0 Å². The van der Waals surface area contributed by atoms with Crippen molar-refractivity contribution in [3.05, 3.63) is 66.6 Å². The molecule has 4 heterocycles. The Balaban J connectivity index is 1.58. The van der Waals surface area contributed by atoms with Gasteiger partial charge in [0.1, 0.15) is 20.4 Å². The second-order valence-corrected chi connectivity index (χ2v) is 8.30. The van der Waals surface area contributed by atoms with Crippen LogP contribution in [0.15, 0.2) is 54.6 Å². The lowest BCUT2D eigenvalue weighted by Crippen LogP contribution is -2.04. The third-order valence-electron chi connectivity index (χ3n) is 3.97. The molecule has 3 aromatic rings. The van der Waals surface area contributed by atoms with Gasteiger partial charge in [-0.05, 0) is 49.3 Å². The Bertz CT molecular complexity index is 999. The number of allylic oxidation sites excluding steroid dienone is 2. The van der Waals surface area contributed by atoms with E-state index in [1.165, 1.54) is 0 Å². The number of rotatable bonds is 4. The average molecular weight is 379 g/mol. The van der Waals surface area contributed by atoms with Gasteiger partial charge in [0.05, 0.1) is 22.8 Å². The van der Waals surface area contributed by atoms with Crippen molar-refractivity contribution in [2.45, 2.75) is 24.2 Å². The van der Waals surface area contributed by atoms with E-state index >= 15 is 0 Å². The molecule has 3 aromatic heterocycles. The third-order valence-corrected chi connectivity index (χ3v) is 6.22. The fourth-order valence-corrected chi connectivity index (χ4v) is 4.83. The maximum absolute atomic E-state index is 4.78. The second-order valence-electron chi connectivity index (χ2n) is 6.21. The molecule has 6 heteroatoms. The van der Waals surface area contributed by atoms with Crippen LogP contribution in [-0.4, -0.2) is 15.0 Å². The van der Waals surface area contributed by atoms with Gasteiger partial charge in [0.15, 0.2) is 0 Å². The van der Waals surface area contributed by atoms with Crippen molar-refractivity contribution in [3.8, 4) is 10.7 Å². The van der Waals surface area contributed by atoms with E-state index in [1.54, 1.807) is 23.1 Å². The molecule has 4 rings (SSSR count). The topological polar surface area (TPSA) is 50.7 Å². The lowest BCUT2D eigenvalue weighted by atomic mass is 10.2. The highest BCUT2D eigenvalue weighted by atomic mass is 32.2. The summed E-state index contributed by atoms with van der Waals surface area (Å²) in [7, 11) is 0. The van der Waals surface area contributed by atoms with Crippen LogP contribution in [-0.2, 0) is 0 Å². The molecule has 0 fully saturated rings. The zero-order valence-corrected chi connectivity index (χ0v) is 16.2. The van der Waals surface area contributed by atoms with Crippen LogP contribution in [0.5, 0.6) is 0 Å². The van der Waals surface area contributed by atoms with Crippen molar-refractivity contribution in [2.24, 2.45) is 0 Å². The normalized spacial score (nSPS) is 15.4. The van der Waals surface area contributed by atoms with Crippen molar-refractivity contribution < 1.29 is 0 Å².